The molecule has 1 aromatic rings. The summed E-state index contributed by atoms with van der Waals surface area (Å²) in [6.45, 7) is 6.12. The van der Waals surface area contributed by atoms with Crippen molar-refractivity contribution < 1.29 is 4.74 Å². The standard InChI is InChI=1S/C11H17NO/c1-11(2,3)13-10-8-6-5-7-9(10)12-4/h5-8,12H,1-4H3. The first-order valence-electron chi connectivity index (χ1n) is 4.49. The number of hydrogen-bond donors (Lipinski definition) is 1. The van der Waals surface area contributed by atoms with Gasteiger partial charge in [0, 0.05) is 7.05 Å². The molecule has 0 atom stereocenters. The highest BCUT2D eigenvalue weighted by atomic mass is 16.5. The molecule has 0 saturated heterocycles. The van der Waals surface area contributed by atoms with Crippen LogP contribution in [0, 0.1) is 0 Å². The molecule has 0 heterocycles. The third kappa shape index (κ3) is 2.98. The van der Waals surface area contributed by atoms with Crippen molar-refractivity contribution in [3.05, 3.63) is 24.3 Å². The van der Waals surface area contributed by atoms with Crippen LogP contribution < -0.4 is 10.1 Å². The van der Waals surface area contributed by atoms with Gasteiger partial charge in [0.05, 0.1) is 5.69 Å². The molecule has 13 heavy (non-hydrogen) atoms. The summed E-state index contributed by atoms with van der Waals surface area (Å²) in [6.07, 6.45) is 0. The summed E-state index contributed by atoms with van der Waals surface area (Å²) in [5.41, 5.74) is 0.880. The van der Waals surface area contributed by atoms with E-state index in [1.165, 1.54) is 0 Å². The number of para-hydroxylation sites is 2. The molecular formula is C11H17NO. The Bertz CT molecular complexity index is 276. The summed E-state index contributed by atoms with van der Waals surface area (Å²) in [5, 5.41) is 3.09. The van der Waals surface area contributed by atoms with Crippen molar-refractivity contribution in [2.75, 3.05) is 12.4 Å². The van der Waals surface area contributed by atoms with Gasteiger partial charge in [-0.3, -0.25) is 0 Å². The maximum atomic E-state index is 5.76. The van der Waals surface area contributed by atoms with E-state index < -0.39 is 0 Å². The van der Waals surface area contributed by atoms with E-state index in [0.717, 1.165) is 11.4 Å². The molecule has 72 valence electrons. The molecule has 2 nitrogen and oxygen atoms in total. The van der Waals surface area contributed by atoms with Gasteiger partial charge >= 0.3 is 0 Å². The molecule has 1 aromatic carbocycles. The normalized spacial score (nSPS) is 11.1. The van der Waals surface area contributed by atoms with Crippen LogP contribution in [0.1, 0.15) is 20.8 Å². The SMILES string of the molecule is CNc1ccccc1OC(C)(C)C. The molecule has 2 heteroatoms. The van der Waals surface area contributed by atoms with E-state index in [-0.39, 0.29) is 5.60 Å². The summed E-state index contributed by atoms with van der Waals surface area (Å²) < 4.78 is 5.76. The van der Waals surface area contributed by atoms with Crippen LogP contribution in [-0.2, 0) is 0 Å². The van der Waals surface area contributed by atoms with Gasteiger partial charge in [-0.05, 0) is 32.9 Å². The molecule has 0 aliphatic rings. The molecule has 0 amide bonds. The van der Waals surface area contributed by atoms with Gasteiger partial charge in [0.1, 0.15) is 11.4 Å². The van der Waals surface area contributed by atoms with Crippen LogP contribution in [0.5, 0.6) is 5.75 Å². The molecule has 0 aliphatic heterocycles. The number of nitrogens with one attached hydrogen (secondary N) is 1. The maximum Gasteiger partial charge on any atom is 0.143 e. The van der Waals surface area contributed by atoms with E-state index in [1.54, 1.807) is 0 Å². The van der Waals surface area contributed by atoms with Crippen LogP contribution in [-0.4, -0.2) is 12.6 Å². The zero-order valence-corrected chi connectivity index (χ0v) is 8.72. The second-order valence-corrected chi connectivity index (χ2v) is 3.96. The first-order valence-corrected chi connectivity index (χ1v) is 4.49. The lowest BCUT2D eigenvalue weighted by atomic mass is 10.2. The minimum Gasteiger partial charge on any atom is -0.486 e. The molecule has 0 spiro atoms. The zero-order valence-electron chi connectivity index (χ0n) is 8.72. The van der Waals surface area contributed by atoms with Crippen molar-refractivity contribution >= 4 is 5.69 Å². The summed E-state index contributed by atoms with van der Waals surface area (Å²) in [5.74, 6) is 0.900. The second kappa shape index (κ2) is 3.69. The summed E-state index contributed by atoms with van der Waals surface area (Å²) in [6, 6.07) is 7.93. The molecule has 0 aromatic heterocycles. The Balaban J connectivity index is 2.87. The summed E-state index contributed by atoms with van der Waals surface area (Å²) in [7, 11) is 1.89. The predicted molar refractivity (Wildman–Crippen MR) is 56.4 cm³/mol. The van der Waals surface area contributed by atoms with Crippen molar-refractivity contribution in [2.24, 2.45) is 0 Å². The van der Waals surface area contributed by atoms with Gasteiger partial charge in [-0.25, -0.2) is 0 Å². The molecule has 0 aliphatic carbocycles. The number of rotatable bonds is 2. The number of ether oxygens (including phenoxy) is 1. The Morgan fingerprint density at radius 1 is 1.15 bits per heavy atom. The van der Waals surface area contributed by atoms with Crippen molar-refractivity contribution in [1.29, 1.82) is 0 Å². The van der Waals surface area contributed by atoms with Crippen LogP contribution in [0.15, 0.2) is 24.3 Å². The van der Waals surface area contributed by atoms with Gasteiger partial charge in [-0.15, -0.1) is 0 Å². The lowest BCUT2D eigenvalue weighted by Gasteiger charge is -2.22. The number of benzene rings is 1. The predicted octanol–water partition coefficient (Wildman–Crippen LogP) is 2.91. The van der Waals surface area contributed by atoms with Gasteiger partial charge < -0.3 is 10.1 Å². The van der Waals surface area contributed by atoms with Crippen LogP contribution >= 0.6 is 0 Å². The Hall–Kier alpha value is -1.18. The smallest absolute Gasteiger partial charge is 0.143 e. The number of anilines is 1. The van der Waals surface area contributed by atoms with E-state index in [2.05, 4.69) is 5.32 Å². The fraction of sp³-hybridized carbons (Fsp3) is 0.455. The Morgan fingerprint density at radius 3 is 2.31 bits per heavy atom. The monoisotopic (exact) mass is 179 g/mol. The van der Waals surface area contributed by atoms with Gasteiger partial charge in [0.25, 0.3) is 0 Å². The van der Waals surface area contributed by atoms with E-state index in [1.807, 2.05) is 52.1 Å². The van der Waals surface area contributed by atoms with Crippen molar-refractivity contribution in [3.63, 3.8) is 0 Å². The highest BCUT2D eigenvalue weighted by Crippen LogP contribution is 2.26. The fourth-order valence-electron chi connectivity index (χ4n) is 1.09. The third-order valence-electron chi connectivity index (χ3n) is 1.57. The van der Waals surface area contributed by atoms with Crippen LogP contribution in [0.3, 0.4) is 0 Å². The van der Waals surface area contributed by atoms with E-state index in [9.17, 15) is 0 Å². The van der Waals surface area contributed by atoms with Crippen molar-refractivity contribution in [1.82, 2.24) is 0 Å². The molecule has 0 fully saturated rings. The number of hydrogen-bond acceptors (Lipinski definition) is 2. The first-order chi connectivity index (χ1) is 6.03. The molecule has 1 N–H and O–H groups in total. The first kappa shape index (κ1) is 9.90. The largest absolute Gasteiger partial charge is 0.486 e. The van der Waals surface area contributed by atoms with Crippen molar-refractivity contribution in [2.45, 2.75) is 26.4 Å². The average Bonchev–Trinajstić information content (AvgIpc) is 2.02. The molecule has 0 radical (unpaired) electrons. The Kier molecular flexibility index (Phi) is 2.81. The molecular weight excluding hydrogens is 162 g/mol. The van der Waals surface area contributed by atoms with E-state index >= 15 is 0 Å². The quantitative estimate of drug-likeness (QED) is 0.753. The highest BCUT2D eigenvalue weighted by Gasteiger charge is 2.13. The average molecular weight is 179 g/mol. The minimum atomic E-state index is -0.146. The van der Waals surface area contributed by atoms with Crippen LogP contribution in [0.25, 0.3) is 0 Å². The molecule has 0 unspecified atom stereocenters. The summed E-state index contributed by atoms with van der Waals surface area (Å²) in [4.78, 5) is 0. The minimum absolute atomic E-state index is 0.146. The van der Waals surface area contributed by atoms with Gasteiger partial charge in [-0.1, -0.05) is 12.1 Å². The fourth-order valence-corrected chi connectivity index (χ4v) is 1.09. The topological polar surface area (TPSA) is 21.3 Å². The van der Waals surface area contributed by atoms with E-state index in [0.29, 0.717) is 0 Å². The molecule has 0 saturated carbocycles. The maximum absolute atomic E-state index is 5.76. The lowest BCUT2D eigenvalue weighted by Crippen LogP contribution is -2.23. The lowest BCUT2D eigenvalue weighted by molar-refractivity contribution is 0.132. The molecule has 0 bridgehead atoms. The van der Waals surface area contributed by atoms with Crippen LogP contribution in [0.2, 0.25) is 0 Å². The highest BCUT2D eigenvalue weighted by molar-refractivity contribution is 5.55. The van der Waals surface area contributed by atoms with Gasteiger partial charge in [0.2, 0.25) is 0 Å². The zero-order chi connectivity index (χ0) is 9.90. The summed E-state index contributed by atoms with van der Waals surface area (Å²) >= 11 is 0. The third-order valence-corrected chi connectivity index (χ3v) is 1.57. The van der Waals surface area contributed by atoms with Crippen molar-refractivity contribution in [3.8, 4) is 5.75 Å². The van der Waals surface area contributed by atoms with Crippen LogP contribution in [0.4, 0.5) is 5.69 Å². The van der Waals surface area contributed by atoms with E-state index in [4.69, 9.17) is 4.74 Å². The van der Waals surface area contributed by atoms with Gasteiger partial charge in [-0.2, -0.15) is 0 Å². The Labute approximate surface area is 79.9 Å². The van der Waals surface area contributed by atoms with Gasteiger partial charge in [0.15, 0.2) is 0 Å². The molecule has 1 rings (SSSR count). The second-order valence-electron chi connectivity index (χ2n) is 3.96. The Morgan fingerprint density at radius 2 is 1.77 bits per heavy atom.